The van der Waals surface area contributed by atoms with E-state index in [1.54, 1.807) is 0 Å². The molecule has 0 atom stereocenters. The average molecular weight is 614 g/mol. The molecule has 8 rings (SSSR count). The first-order chi connectivity index (χ1) is 18.7. The van der Waals surface area contributed by atoms with Gasteiger partial charge < -0.3 is 0 Å². The van der Waals surface area contributed by atoms with Crippen molar-refractivity contribution >= 4 is 96.5 Å². The van der Waals surface area contributed by atoms with E-state index in [1.165, 1.54) is 64.6 Å². The molecule has 0 amide bonds. The molecule has 0 fully saturated rings. The number of benzene rings is 8. The van der Waals surface area contributed by atoms with Crippen LogP contribution in [0.3, 0.4) is 0 Å². The lowest BCUT2D eigenvalue weighted by molar-refractivity contribution is 1.73. The van der Waals surface area contributed by atoms with Crippen LogP contribution in [0.5, 0.6) is 0 Å². The van der Waals surface area contributed by atoms with Crippen LogP contribution in [0, 0.1) is 0 Å². The molecule has 0 aromatic heterocycles. The molecule has 0 aliphatic rings. The Morgan fingerprint density at radius 2 is 0.579 bits per heavy atom. The highest BCUT2D eigenvalue weighted by Crippen LogP contribution is 2.33. The molecule has 38 heavy (non-hydrogen) atoms. The number of halogens is 2. The van der Waals surface area contributed by atoms with Crippen molar-refractivity contribution < 1.29 is 0 Å². The number of fused-ring (bicyclic) bond motifs is 10. The molecule has 0 saturated heterocycles. The highest BCUT2D eigenvalue weighted by molar-refractivity contribution is 9.10. The van der Waals surface area contributed by atoms with Crippen LogP contribution in [0.1, 0.15) is 0 Å². The molecule has 8 aromatic rings. The summed E-state index contributed by atoms with van der Waals surface area (Å²) < 4.78 is 2.25. The van der Waals surface area contributed by atoms with Crippen molar-refractivity contribution in [3.63, 3.8) is 0 Å². The molecule has 0 nitrogen and oxygen atoms in total. The standard InChI is InChI=1S/2C18H11Br/c2*19-14-8-5-13-7-9-16-15-4-2-1-3-12(15)6-10-17(16)18(13)11-14/h2*1-11H. The van der Waals surface area contributed by atoms with Gasteiger partial charge in [0.1, 0.15) is 0 Å². The topological polar surface area (TPSA) is 0 Å². The van der Waals surface area contributed by atoms with Crippen molar-refractivity contribution in [3.05, 3.63) is 142 Å². The van der Waals surface area contributed by atoms with E-state index in [4.69, 9.17) is 0 Å². The number of hydrogen-bond acceptors (Lipinski definition) is 0. The Morgan fingerprint density at radius 1 is 0.263 bits per heavy atom. The maximum atomic E-state index is 3.57. The van der Waals surface area contributed by atoms with Crippen molar-refractivity contribution in [1.29, 1.82) is 0 Å². The lowest BCUT2D eigenvalue weighted by atomic mass is 9.97. The largest absolute Gasteiger partial charge is 0.0616 e. The first-order valence-electron chi connectivity index (χ1n) is 12.7. The van der Waals surface area contributed by atoms with Gasteiger partial charge in [-0.15, -0.1) is 0 Å². The van der Waals surface area contributed by atoms with E-state index in [1.807, 2.05) is 0 Å². The molecular weight excluding hydrogens is 592 g/mol. The second kappa shape index (κ2) is 9.54. The third kappa shape index (κ3) is 4.05. The minimum absolute atomic E-state index is 1.13. The lowest BCUT2D eigenvalue weighted by Crippen LogP contribution is -1.80. The third-order valence-electron chi connectivity index (χ3n) is 7.41. The summed E-state index contributed by atoms with van der Waals surface area (Å²) in [6.07, 6.45) is 0. The molecule has 8 aromatic carbocycles. The second-order valence-electron chi connectivity index (χ2n) is 9.63. The lowest BCUT2D eigenvalue weighted by Gasteiger charge is -2.07. The van der Waals surface area contributed by atoms with E-state index >= 15 is 0 Å². The van der Waals surface area contributed by atoms with Gasteiger partial charge in [0, 0.05) is 8.95 Å². The average Bonchev–Trinajstić information content (AvgIpc) is 2.96. The summed E-state index contributed by atoms with van der Waals surface area (Å²) in [6, 6.07) is 47.8. The summed E-state index contributed by atoms with van der Waals surface area (Å²) in [5.41, 5.74) is 0. The van der Waals surface area contributed by atoms with Crippen LogP contribution >= 0.6 is 31.9 Å². The Morgan fingerprint density at radius 3 is 1.00 bits per heavy atom. The zero-order chi connectivity index (χ0) is 25.6. The minimum Gasteiger partial charge on any atom is -0.0616 e. The monoisotopic (exact) mass is 612 g/mol. The summed E-state index contributed by atoms with van der Waals surface area (Å²) in [4.78, 5) is 0. The van der Waals surface area contributed by atoms with Crippen molar-refractivity contribution in [2.45, 2.75) is 0 Å². The quantitative estimate of drug-likeness (QED) is 0.149. The maximum Gasteiger partial charge on any atom is 0.0181 e. The van der Waals surface area contributed by atoms with Crippen molar-refractivity contribution in [3.8, 4) is 0 Å². The van der Waals surface area contributed by atoms with Gasteiger partial charge in [-0.05, 0) is 88.9 Å². The Labute approximate surface area is 237 Å². The summed E-state index contributed by atoms with van der Waals surface area (Å²) in [5.74, 6) is 0. The molecule has 0 spiro atoms. The van der Waals surface area contributed by atoms with Crippen LogP contribution in [0.15, 0.2) is 142 Å². The van der Waals surface area contributed by atoms with Gasteiger partial charge in [0.05, 0.1) is 0 Å². The molecule has 180 valence electrons. The van der Waals surface area contributed by atoms with Crippen LogP contribution in [0.25, 0.3) is 64.6 Å². The minimum atomic E-state index is 1.13. The molecular formula is C36H22Br2. The molecule has 0 bridgehead atoms. The summed E-state index contributed by atoms with van der Waals surface area (Å²) in [7, 11) is 0. The van der Waals surface area contributed by atoms with Crippen LogP contribution in [0.4, 0.5) is 0 Å². The molecule has 2 heteroatoms. The first-order valence-corrected chi connectivity index (χ1v) is 14.2. The van der Waals surface area contributed by atoms with Gasteiger partial charge in [-0.3, -0.25) is 0 Å². The van der Waals surface area contributed by atoms with Crippen molar-refractivity contribution in [2.24, 2.45) is 0 Å². The van der Waals surface area contributed by atoms with Crippen LogP contribution in [-0.4, -0.2) is 0 Å². The predicted octanol–water partition coefficient (Wildman–Crippen LogP) is 11.8. The van der Waals surface area contributed by atoms with E-state index in [9.17, 15) is 0 Å². The smallest absolute Gasteiger partial charge is 0.0181 e. The predicted molar refractivity (Wildman–Crippen MR) is 173 cm³/mol. The fraction of sp³-hybridized carbons (Fsp3) is 0. The first kappa shape index (κ1) is 23.4. The summed E-state index contributed by atoms with van der Waals surface area (Å²) >= 11 is 7.14. The van der Waals surface area contributed by atoms with Gasteiger partial charge >= 0.3 is 0 Å². The fourth-order valence-electron chi connectivity index (χ4n) is 5.58. The molecule has 0 aliphatic carbocycles. The van der Waals surface area contributed by atoms with Gasteiger partial charge in [0.2, 0.25) is 0 Å². The maximum absolute atomic E-state index is 3.57. The normalized spacial score (nSPS) is 11.4. The van der Waals surface area contributed by atoms with E-state index in [2.05, 4.69) is 165 Å². The molecule has 0 N–H and O–H groups in total. The van der Waals surface area contributed by atoms with Gasteiger partial charge in [0.25, 0.3) is 0 Å². The van der Waals surface area contributed by atoms with E-state index in [-0.39, 0.29) is 0 Å². The highest BCUT2D eigenvalue weighted by atomic mass is 79.9. The summed E-state index contributed by atoms with van der Waals surface area (Å²) in [5, 5.41) is 15.7. The molecule has 0 unspecified atom stereocenters. The van der Waals surface area contributed by atoms with E-state index in [0.717, 1.165) is 8.95 Å². The van der Waals surface area contributed by atoms with Gasteiger partial charge in [-0.25, -0.2) is 0 Å². The zero-order valence-electron chi connectivity index (χ0n) is 20.5. The van der Waals surface area contributed by atoms with Crippen molar-refractivity contribution in [2.75, 3.05) is 0 Å². The van der Waals surface area contributed by atoms with Gasteiger partial charge in [-0.2, -0.15) is 0 Å². The van der Waals surface area contributed by atoms with Crippen LogP contribution in [-0.2, 0) is 0 Å². The SMILES string of the molecule is Brc1ccc2ccc3c4ccccc4ccc3c2c1.Brc1ccc2ccc3c4ccccc4ccc3c2c1. The second-order valence-corrected chi connectivity index (χ2v) is 11.5. The third-order valence-corrected chi connectivity index (χ3v) is 8.40. The van der Waals surface area contributed by atoms with Gasteiger partial charge in [0.15, 0.2) is 0 Å². The van der Waals surface area contributed by atoms with Crippen LogP contribution < -0.4 is 0 Å². The number of hydrogen-bond donors (Lipinski definition) is 0. The Balaban J connectivity index is 0.000000127. The molecule has 0 saturated carbocycles. The summed E-state index contributed by atoms with van der Waals surface area (Å²) in [6.45, 7) is 0. The van der Waals surface area contributed by atoms with Crippen LogP contribution in [0.2, 0.25) is 0 Å². The molecule has 0 heterocycles. The fourth-order valence-corrected chi connectivity index (χ4v) is 6.30. The molecule has 0 aliphatic heterocycles. The van der Waals surface area contributed by atoms with E-state index in [0.29, 0.717) is 0 Å². The Bertz CT molecular complexity index is 2000. The zero-order valence-corrected chi connectivity index (χ0v) is 23.6. The van der Waals surface area contributed by atoms with Crippen molar-refractivity contribution in [1.82, 2.24) is 0 Å². The Hall–Kier alpha value is -3.72. The van der Waals surface area contributed by atoms with Gasteiger partial charge in [-0.1, -0.05) is 141 Å². The molecule has 0 radical (unpaired) electrons. The Kier molecular flexibility index (Phi) is 5.88. The van der Waals surface area contributed by atoms with E-state index < -0.39 is 0 Å². The number of rotatable bonds is 0. The highest BCUT2D eigenvalue weighted by Gasteiger charge is 2.06.